The SMILES string of the molecule is c1ccc2c(OCCNc3cc(N4CCCC4)ncn3)cccc2c1. The molecule has 1 aliphatic heterocycles. The van der Waals surface area contributed by atoms with E-state index in [1.807, 2.05) is 30.3 Å². The molecule has 5 heteroatoms. The summed E-state index contributed by atoms with van der Waals surface area (Å²) < 4.78 is 5.95. The molecule has 0 atom stereocenters. The predicted molar refractivity (Wildman–Crippen MR) is 101 cm³/mol. The number of aromatic nitrogens is 2. The molecule has 5 nitrogen and oxygen atoms in total. The topological polar surface area (TPSA) is 50.3 Å². The van der Waals surface area contributed by atoms with Crippen LogP contribution in [0.1, 0.15) is 12.8 Å². The Morgan fingerprint density at radius 1 is 1.00 bits per heavy atom. The van der Waals surface area contributed by atoms with E-state index in [4.69, 9.17) is 4.74 Å². The summed E-state index contributed by atoms with van der Waals surface area (Å²) in [5.74, 6) is 2.77. The van der Waals surface area contributed by atoms with E-state index in [1.165, 1.54) is 18.2 Å². The molecule has 128 valence electrons. The zero-order valence-corrected chi connectivity index (χ0v) is 14.2. The van der Waals surface area contributed by atoms with Crippen LogP contribution in [0.3, 0.4) is 0 Å². The van der Waals surface area contributed by atoms with Crippen LogP contribution in [-0.2, 0) is 0 Å². The van der Waals surface area contributed by atoms with Crippen LogP contribution < -0.4 is 15.0 Å². The third-order valence-corrected chi connectivity index (χ3v) is 4.50. The third kappa shape index (κ3) is 3.65. The number of hydrogen-bond acceptors (Lipinski definition) is 5. The Hall–Kier alpha value is -2.82. The fourth-order valence-corrected chi connectivity index (χ4v) is 3.22. The third-order valence-electron chi connectivity index (χ3n) is 4.50. The van der Waals surface area contributed by atoms with Gasteiger partial charge in [0.05, 0.1) is 6.54 Å². The molecule has 0 spiro atoms. The van der Waals surface area contributed by atoms with E-state index in [9.17, 15) is 0 Å². The van der Waals surface area contributed by atoms with Crippen molar-refractivity contribution >= 4 is 22.4 Å². The second-order valence-corrected chi connectivity index (χ2v) is 6.21. The lowest BCUT2D eigenvalue weighted by Crippen LogP contribution is -2.19. The molecule has 1 saturated heterocycles. The van der Waals surface area contributed by atoms with Gasteiger partial charge in [-0.2, -0.15) is 0 Å². The average molecular weight is 334 g/mol. The molecule has 25 heavy (non-hydrogen) atoms. The highest BCUT2D eigenvalue weighted by atomic mass is 16.5. The highest BCUT2D eigenvalue weighted by Gasteiger charge is 2.13. The molecule has 1 N–H and O–H groups in total. The van der Waals surface area contributed by atoms with Crippen LogP contribution in [0.5, 0.6) is 5.75 Å². The maximum Gasteiger partial charge on any atom is 0.134 e. The van der Waals surface area contributed by atoms with Crippen molar-refractivity contribution in [3.63, 3.8) is 0 Å². The van der Waals surface area contributed by atoms with Gasteiger partial charge in [0, 0.05) is 24.5 Å². The van der Waals surface area contributed by atoms with E-state index in [1.54, 1.807) is 6.33 Å². The molecule has 0 amide bonds. The Labute approximate surface area is 147 Å². The first-order valence-corrected chi connectivity index (χ1v) is 8.81. The minimum atomic E-state index is 0.580. The van der Waals surface area contributed by atoms with Gasteiger partial charge in [0.25, 0.3) is 0 Å². The first kappa shape index (κ1) is 15.7. The number of nitrogens with zero attached hydrogens (tertiary/aromatic N) is 3. The molecule has 1 fully saturated rings. The van der Waals surface area contributed by atoms with Gasteiger partial charge in [-0.15, -0.1) is 0 Å². The van der Waals surface area contributed by atoms with Crippen LogP contribution in [0.4, 0.5) is 11.6 Å². The van der Waals surface area contributed by atoms with Crippen molar-refractivity contribution in [2.75, 3.05) is 36.5 Å². The zero-order chi connectivity index (χ0) is 16.9. The predicted octanol–water partition coefficient (Wildman–Crippen LogP) is 3.72. The van der Waals surface area contributed by atoms with Crippen LogP contribution in [0.25, 0.3) is 10.8 Å². The van der Waals surface area contributed by atoms with Gasteiger partial charge in [0.1, 0.15) is 30.3 Å². The Bertz CT molecular complexity index is 840. The number of hydrogen-bond donors (Lipinski definition) is 1. The number of rotatable bonds is 6. The fourth-order valence-electron chi connectivity index (χ4n) is 3.22. The minimum absolute atomic E-state index is 0.580. The summed E-state index contributed by atoms with van der Waals surface area (Å²) in [7, 11) is 0. The first-order chi connectivity index (χ1) is 12.4. The highest BCUT2D eigenvalue weighted by Crippen LogP contribution is 2.25. The van der Waals surface area contributed by atoms with E-state index in [0.717, 1.165) is 35.9 Å². The molecular weight excluding hydrogens is 312 g/mol. The molecule has 0 bridgehead atoms. The van der Waals surface area contributed by atoms with E-state index >= 15 is 0 Å². The summed E-state index contributed by atoms with van der Waals surface area (Å²) in [5.41, 5.74) is 0. The summed E-state index contributed by atoms with van der Waals surface area (Å²) in [4.78, 5) is 11.0. The van der Waals surface area contributed by atoms with E-state index < -0.39 is 0 Å². The number of benzene rings is 2. The van der Waals surface area contributed by atoms with Crippen molar-refractivity contribution < 1.29 is 4.74 Å². The van der Waals surface area contributed by atoms with Crippen molar-refractivity contribution in [3.05, 3.63) is 54.9 Å². The van der Waals surface area contributed by atoms with Gasteiger partial charge < -0.3 is 15.0 Å². The van der Waals surface area contributed by atoms with E-state index in [-0.39, 0.29) is 0 Å². The standard InChI is InChI=1S/C20H22N4O/c1-2-8-17-16(6-1)7-5-9-18(17)25-13-10-21-19-14-20(23-15-22-19)24-11-3-4-12-24/h1-2,5-9,14-15H,3-4,10-13H2,(H,21,22,23). The Kier molecular flexibility index (Phi) is 4.63. The number of ether oxygens (including phenoxy) is 1. The van der Waals surface area contributed by atoms with Gasteiger partial charge in [-0.25, -0.2) is 9.97 Å². The average Bonchev–Trinajstić information content (AvgIpc) is 3.20. The normalized spacial score (nSPS) is 14.0. The molecule has 1 aromatic heterocycles. The lowest BCUT2D eigenvalue weighted by molar-refractivity contribution is 0.336. The zero-order valence-electron chi connectivity index (χ0n) is 14.2. The molecule has 3 aromatic rings. The summed E-state index contributed by atoms with van der Waals surface area (Å²) in [6.45, 7) is 3.44. The molecule has 0 aliphatic carbocycles. The molecule has 2 aromatic carbocycles. The maximum absolute atomic E-state index is 5.95. The summed E-state index contributed by atoms with van der Waals surface area (Å²) in [6, 6.07) is 16.4. The van der Waals surface area contributed by atoms with Crippen LogP contribution >= 0.6 is 0 Å². The van der Waals surface area contributed by atoms with E-state index in [0.29, 0.717) is 13.2 Å². The molecule has 4 rings (SSSR count). The molecule has 0 saturated carbocycles. The van der Waals surface area contributed by atoms with Gasteiger partial charge in [0.15, 0.2) is 0 Å². The fraction of sp³-hybridized carbons (Fsp3) is 0.300. The second kappa shape index (κ2) is 7.38. The van der Waals surface area contributed by atoms with Crippen molar-refractivity contribution in [2.24, 2.45) is 0 Å². The smallest absolute Gasteiger partial charge is 0.134 e. The Morgan fingerprint density at radius 3 is 2.76 bits per heavy atom. The Morgan fingerprint density at radius 2 is 1.84 bits per heavy atom. The van der Waals surface area contributed by atoms with Crippen molar-refractivity contribution in [3.8, 4) is 5.75 Å². The van der Waals surface area contributed by atoms with Gasteiger partial charge in [-0.1, -0.05) is 36.4 Å². The van der Waals surface area contributed by atoms with Gasteiger partial charge in [-0.3, -0.25) is 0 Å². The lowest BCUT2D eigenvalue weighted by Gasteiger charge is -2.16. The van der Waals surface area contributed by atoms with E-state index in [2.05, 4.69) is 38.4 Å². The minimum Gasteiger partial charge on any atom is -0.491 e. The van der Waals surface area contributed by atoms with Crippen molar-refractivity contribution in [1.82, 2.24) is 9.97 Å². The number of nitrogens with one attached hydrogen (secondary N) is 1. The number of fused-ring (bicyclic) bond motifs is 1. The molecule has 2 heterocycles. The number of anilines is 2. The first-order valence-electron chi connectivity index (χ1n) is 8.81. The molecule has 0 unspecified atom stereocenters. The summed E-state index contributed by atoms with van der Waals surface area (Å²) in [5, 5.41) is 5.66. The highest BCUT2D eigenvalue weighted by molar-refractivity contribution is 5.88. The molecular formula is C20H22N4O. The lowest BCUT2D eigenvalue weighted by atomic mass is 10.1. The van der Waals surface area contributed by atoms with Crippen molar-refractivity contribution in [2.45, 2.75) is 12.8 Å². The van der Waals surface area contributed by atoms with Crippen molar-refractivity contribution in [1.29, 1.82) is 0 Å². The maximum atomic E-state index is 5.95. The van der Waals surface area contributed by atoms with Crippen LogP contribution in [0.15, 0.2) is 54.9 Å². The van der Waals surface area contributed by atoms with Crippen LogP contribution in [0, 0.1) is 0 Å². The van der Waals surface area contributed by atoms with Crippen LogP contribution in [-0.4, -0.2) is 36.2 Å². The van der Waals surface area contributed by atoms with Gasteiger partial charge in [-0.05, 0) is 24.3 Å². The van der Waals surface area contributed by atoms with Gasteiger partial charge in [0.2, 0.25) is 0 Å². The Balaban J connectivity index is 1.34. The second-order valence-electron chi connectivity index (χ2n) is 6.21. The molecule has 0 radical (unpaired) electrons. The largest absolute Gasteiger partial charge is 0.491 e. The monoisotopic (exact) mass is 334 g/mol. The van der Waals surface area contributed by atoms with Gasteiger partial charge >= 0.3 is 0 Å². The van der Waals surface area contributed by atoms with Crippen LogP contribution in [0.2, 0.25) is 0 Å². The summed E-state index contributed by atoms with van der Waals surface area (Å²) in [6.07, 6.45) is 4.11. The summed E-state index contributed by atoms with van der Waals surface area (Å²) >= 11 is 0. The molecule has 1 aliphatic rings. The quantitative estimate of drug-likeness (QED) is 0.696.